The van der Waals surface area contributed by atoms with Gasteiger partial charge in [-0.25, -0.2) is 0 Å². The molecule has 0 aromatic heterocycles. The number of nitrogens with one attached hydrogen (secondary N) is 4. The van der Waals surface area contributed by atoms with Crippen molar-refractivity contribution in [3.8, 4) is 0 Å². The van der Waals surface area contributed by atoms with Crippen LogP contribution in [0.1, 0.15) is 59.9 Å². The van der Waals surface area contributed by atoms with Gasteiger partial charge in [0.2, 0.25) is 17.7 Å². The van der Waals surface area contributed by atoms with E-state index in [1.165, 1.54) is 21.3 Å². The van der Waals surface area contributed by atoms with Crippen LogP contribution >= 0.6 is 0 Å². The molecule has 1 aromatic carbocycles. The lowest BCUT2D eigenvalue weighted by atomic mass is 9.89. The van der Waals surface area contributed by atoms with Crippen molar-refractivity contribution >= 4 is 23.6 Å². The first-order valence-corrected chi connectivity index (χ1v) is 17.8. The first kappa shape index (κ1) is 43.1. The molecular weight excluding hydrogens is 642 g/mol. The summed E-state index contributed by atoms with van der Waals surface area (Å²) in [6.07, 6.45) is -2.08. The van der Waals surface area contributed by atoms with Crippen LogP contribution in [0.25, 0.3) is 0 Å². The fraction of sp³-hybridized carbons (Fsp3) is 0.730. The summed E-state index contributed by atoms with van der Waals surface area (Å²) in [5.74, 6) is -1.27. The first-order chi connectivity index (χ1) is 23.7. The molecule has 284 valence electrons. The number of hydrogen-bond donors (Lipinski definition) is 4. The van der Waals surface area contributed by atoms with Crippen molar-refractivity contribution < 1.29 is 38.1 Å². The Kier molecular flexibility index (Phi) is 18.4. The molecule has 1 fully saturated rings. The molecule has 0 radical (unpaired) electrons. The summed E-state index contributed by atoms with van der Waals surface area (Å²) in [4.78, 5) is 55.2. The van der Waals surface area contributed by atoms with E-state index in [0.29, 0.717) is 13.0 Å². The van der Waals surface area contributed by atoms with Gasteiger partial charge in [-0.1, -0.05) is 78.3 Å². The molecule has 13 heteroatoms. The van der Waals surface area contributed by atoms with Crippen molar-refractivity contribution in [2.45, 2.75) is 109 Å². The zero-order valence-corrected chi connectivity index (χ0v) is 32.0. The number of likely N-dealkylation sites (N-methyl/N-ethyl adjacent to an activating group) is 2. The summed E-state index contributed by atoms with van der Waals surface area (Å²) in [6, 6.07) is 8.19. The monoisotopic (exact) mass is 705 g/mol. The van der Waals surface area contributed by atoms with E-state index in [1.54, 1.807) is 19.0 Å². The van der Waals surface area contributed by atoms with E-state index < -0.39 is 48.6 Å². The molecule has 0 spiro atoms. The third-order valence-corrected chi connectivity index (χ3v) is 9.75. The number of amides is 4. The Balaban J connectivity index is 2.10. The maximum atomic E-state index is 14.0. The number of ether oxygens (including phenoxy) is 4. The largest absolute Gasteiger partial charge is 0.379 e. The predicted molar refractivity (Wildman–Crippen MR) is 192 cm³/mol. The highest BCUT2D eigenvalue weighted by Gasteiger charge is 2.48. The number of rotatable bonds is 21. The van der Waals surface area contributed by atoms with E-state index in [-0.39, 0.29) is 54.3 Å². The Hall–Kier alpha value is -3.10. The Morgan fingerprint density at radius 3 is 2.04 bits per heavy atom. The fourth-order valence-electron chi connectivity index (χ4n) is 6.66. The van der Waals surface area contributed by atoms with E-state index in [4.69, 9.17) is 18.9 Å². The Labute approximate surface area is 299 Å². The third kappa shape index (κ3) is 11.7. The molecule has 1 aliphatic rings. The highest BCUT2D eigenvalue weighted by molar-refractivity contribution is 5.90. The van der Waals surface area contributed by atoms with Crippen LogP contribution in [0.4, 0.5) is 0 Å². The Morgan fingerprint density at radius 1 is 0.900 bits per heavy atom. The molecule has 2 rings (SSSR count). The lowest BCUT2D eigenvalue weighted by Gasteiger charge is -2.40. The molecule has 1 aromatic rings. The Bertz CT molecular complexity index is 1200. The van der Waals surface area contributed by atoms with Gasteiger partial charge in [-0.3, -0.25) is 19.2 Å². The van der Waals surface area contributed by atoms with Crippen LogP contribution in [0.5, 0.6) is 0 Å². The minimum Gasteiger partial charge on any atom is -0.379 e. The van der Waals surface area contributed by atoms with Gasteiger partial charge in [0.25, 0.3) is 5.91 Å². The van der Waals surface area contributed by atoms with Crippen molar-refractivity contribution in [3.05, 3.63) is 35.9 Å². The number of carbonyl (C=O) groups is 4. The molecule has 1 heterocycles. The van der Waals surface area contributed by atoms with Crippen LogP contribution in [0.15, 0.2) is 30.3 Å². The molecule has 1 aliphatic heterocycles. The van der Waals surface area contributed by atoms with Gasteiger partial charge in [0.15, 0.2) is 6.10 Å². The van der Waals surface area contributed by atoms with Gasteiger partial charge in [0, 0.05) is 41.5 Å². The number of carbonyl (C=O) groups excluding carboxylic acids is 4. The highest BCUT2D eigenvalue weighted by Crippen LogP contribution is 2.27. The summed E-state index contributed by atoms with van der Waals surface area (Å²) in [6.45, 7) is 12.2. The maximum absolute atomic E-state index is 14.0. The average Bonchev–Trinajstić information content (AvgIpc) is 3.46. The molecule has 0 aliphatic carbocycles. The van der Waals surface area contributed by atoms with Crippen LogP contribution in [0.3, 0.4) is 0 Å². The van der Waals surface area contributed by atoms with Crippen LogP contribution in [-0.2, 0) is 44.5 Å². The van der Waals surface area contributed by atoms with Crippen LogP contribution in [0.2, 0.25) is 0 Å². The summed E-state index contributed by atoms with van der Waals surface area (Å²) in [7, 11) is 7.97. The second-order valence-corrected chi connectivity index (χ2v) is 13.9. The molecule has 9 atom stereocenters. The lowest BCUT2D eigenvalue weighted by molar-refractivity contribution is -0.144. The van der Waals surface area contributed by atoms with Gasteiger partial charge in [0.1, 0.15) is 24.4 Å². The summed E-state index contributed by atoms with van der Waals surface area (Å²) >= 11 is 0. The zero-order valence-electron chi connectivity index (χ0n) is 32.0. The van der Waals surface area contributed by atoms with E-state index >= 15 is 0 Å². The fourth-order valence-corrected chi connectivity index (χ4v) is 6.66. The SMILES string of the molecule is CC[C@H](C)C([C@@H](CC(=O)NCC1O[C@H](C(=O)NCCc2ccccc2)[C@@H](OC)[C@@H]1OC)OC)N(C)C(=O)[C@@H](NC(=O)[C@@H](NC)C(C)C)C(C)C. The molecule has 0 saturated carbocycles. The topological polar surface area (TPSA) is 157 Å². The van der Waals surface area contributed by atoms with E-state index in [2.05, 4.69) is 21.3 Å². The van der Waals surface area contributed by atoms with Crippen molar-refractivity contribution in [3.63, 3.8) is 0 Å². The smallest absolute Gasteiger partial charge is 0.251 e. The second kappa shape index (κ2) is 21.3. The van der Waals surface area contributed by atoms with Gasteiger partial charge < -0.3 is 45.1 Å². The minimum atomic E-state index is -0.915. The molecule has 4 amide bonds. The van der Waals surface area contributed by atoms with E-state index in [9.17, 15) is 19.2 Å². The molecule has 50 heavy (non-hydrogen) atoms. The van der Waals surface area contributed by atoms with Crippen LogP contribution < -0.4 is 21.3 Å². The average molecular weight is 706 g/mol. The molecule has 0 bridgehead atoms. The summed E-state index contributed by atoms with van der Waals surface area (Å²) in [5.41, 5.74) is 1.11. The Morgan fingerprint density at radius 2 is 1.52 bits per heavy atom. The molecule has 13 nitrogen and oxygen atoms in total. The van der Waals surface area contributed by atoms with Gasteiger partial charge in [0.05, 0.1) is 24.6 Å². The quantitative estimate of drug-likeness (QED) is 0.150. The van der Waals surface area contributed by atoms with Crippen molar-refractivity contribution in [2.24, 2.45) is 17.8 Å². The lowest BCUT2D eigenvalue weighted by Crippen LogP contribution is -2.59. The summed E-state index contributed by atoms with van der Waals surface area (Å²) in [5, 5.41) is 11.8. The second-order valence-electron chi connectivity index (χ2n) is 13.9. The summed E-state index contributed by atoms with van der Waals surface area (Å²) < 4.78 is 23.3. The zero-order chi connectivity index (χ0) is 37.5. The van der Waals surface area contributed by atoms with Crippen molar-refractivity contribution in [1.82, 2.24) is 26.2 Å². The first-order valence-electron chi connectivity index (χ1n) is 17.8. The number of benzene rings is 1. The molecule has 4 N–H and O–H groups in total. The highest BCUT2D eigenvalue weighted by atomic mass is 16.6. The van der Waals surface area contributed by atoms with E-state index in [0.717, 1.165) is 12.0 Å². The van der Waals surface area contributed by atoms with Gasteiger partial charge >= 0.3 is 0 Å². The normalized spacial score (nSPS) is 22.0. The number of methoxy groups -OCH3 is 3. The standard InChI is InChI=1S/C37H63N5O8/c1-12-24(6)31(42(8)37(46)30(23(4)5)41-35(44)29(38-7)22(2)3)26(47-9)20-28(43)40-21-27-32(48-10)33(49-11)34(50-27)36(45)39-19-18-25-16-14-13-15-17-25/h13-17,22-24,26-27,29-34,38H,12,18-21H2,1-11H3,(H,39,45)(H,40,43)(H,41,44)/t24-,26+,27?,29-,30-,31?,32+,33-,34-/m0/s1. The molecule has 2 unspecified atom stereocenters. The molecular formula is C37H63N5O8. The number of nitrogens with zero attached hydrogens (tertiary/aromatic N) is 1. The minimum absolute atomic E-state index is 0.0226. The third-order valence-electron chi connectivity index (χ3n) is 9.75. The van der Waals surface area contributed by atoms with Crippen LogP contribution in [-0.4, -0.2) is 126 Å². The van der Waals surface area contributed by atoms with Crippen molar-refractivity contribution in [1.29, 1.82) is 0 Å². The van der Waals surface area contributed by atoms with E-state index in [1.807, 2.05) is 71.9 Å². The van der Waals surface area contributed by atoms with Crippen LogP contribution in [0, 0.1) is 17.8 Å². The van der Waals surface area contributed by atoms with Gasteiger partial charge in [-0.15, -0.1) is 0 Å². The van der Waals surface area contributed by atoms with Gasteiger partial charge in [-0.2, -0.15) is 0 Å². The molecule has 1 saturated heterocycles. The predicted octanol–water partition coefficient (Wildman–Crippen LogP) is 1.92. The number of hydrogen-bond acceptors (Lipinski definition) is 9. The van der Waals surface area contributed by atoms with Crippen molar-refractivity contribution in [2.75, 3.05) is 48.5 Å². The maximum Gasteiger partial charge on any atom is 0.251 e. The van der Waals surface area contributed by atoms with Gasteiger partial charge in [-0.05, 0) is 36.8 Å².